The molecule has 1 saturated heterocycles. The molecule has 3 rings (SSSR count). The Morgan fingerprint density at radius 2 is 1.85 bits per heavy atom. The molecule has 1 aliphatic rings. The minimum absolute atomic E-state index is 0.00577. The molecule has 0 aliphatic carbocycles. The second-order valence-corrected chi connectivity index (χ2v) is 8.67. The van der Waals surface area contributed by atoms with Crippen LogP contribution in [0.2, 0.25) is 0 Å². The molecule has 11 heteroatoms. The topological polar surface area (TPSA) is 140 Å². The SMILES string of the molecule is COC(=O)c1nc(C(CC2CO2)N(C)C(=O)OC(C)(C)C)[nH]c(=O)c1OC(=O)c1ccccc1. The van der Waals surface area contributed by atoms with Gasteiger partial charge < -0.3 is 28.8 Å². The molecular weight excluding hydrogens is 446 g/mol. The lowest BCUT2D eigenvalue weighted by atomic mass is 10.1. The third-order valence-electron chi connectivity index (χ3n) is 4.83. The minimum atomic E-state index is -0.982. The fourth-order valence-corrected chi connectivity index (χ4v) is 3.06. The summed E-state index contributed by atoms with van der Waals surface area (Å²) in [5.41, 5.74) is -1.95. The molecule has 2 aromatic rings. The van der Waals surface area contributed by atoms with Crippen molar-refractivity contribution in [2.24, 2.45) is 0 Å². The fraction of sp³-hybridized carbons (Fsp3) is 0.435. The smallest absolute Gasteiger partial charge is 0.410 e. The van der Waals surface area contributed by atoms with E-state index >= 15 is 0 Å². The van der Waals surface area contributed by atoms with Crippen LogP contribution in [-0.2, 0) is 14.2 Å². The van der Waals surface area contributed by atoms with Crippen molar-refractivity contribution >= 4 is 18.0 Å². The number of H-pyrrole nitrogens is 1. The lowest BCUT2D eigenvalue weighted by Gasteiger charge is -2.30. The number of aromatic amines is 1. The van der Waals surface area contributed by atoms with E-state index in [0.717, 1.165) is 7.11 Å². The zero-order chi connectivity index (χ0) is 25.0. The van der Waals surface area contributed by atoms with Crippen LogP contribution in [0.15, 0.2) is 35.1 Å². The summed E-state index contributed by atoms with van der Waals surface area (Å²) >= 11 is 0. The van der Waals surface area contributed by atoms with Crippen molar-refractivity contribution in [2.45, 2.75) is 44.9 Å². The van der Waals surface area contributed by atoms with Gasteiger partial charge in [-0.2, -0.15) is 0 Å². The molecule has 0 spiro atoms. The van der Waals surface area contributed by atoms with Crippen molar-refractivity contribution in [2.75, 3.05) is 20.8 Å². The number of carbonyl (C=O) groups is 3. The molecular formula is C23H27N3O8. The van der Waals surface area contributed by atoms with Crippen LogP contribution < -0.4 is 10.3 Å². The quantitative estimate of drug-likeness (QED) is 0.474. The van der Waals surface area contributed by atoms with Crippen LogP contribution in [0.3, 0.4) is 0 Å². The summed E-state index contributed by atoms with van der Waals surface area (Å²) in [6.07, 6.45) is -0.514. The molecule has 182 valence electrons. The first kappa shape index (κ1) is 24.9. The summed E-state index contributed by atoms with van der Waals surface area (Å²) in [4.78, 5) is 58.6. The van der Waals surface area contributed by atoms with Gasteiger partial charge in [-0.15, -0.1) is 0 Å². The van der Waals surface area contributed by atoms with E-state index in [-0.39, 0.29) is 17.5 Å². The van der Waals surface area contributed by atoms with Crippen molar-refractivity contribution in [3.63, 3.8) is 0 Å². The summed E-state index contributed by atoms with van der Waals surface area (Å²) in [7, 11) is 2.60. The molecule has 0 radical (unpaired) electrons. The molecule has 0 saturated carbocycles. The van der Waals surface area contributed by atoms with Gasteiger partial charge in [-0.05, 0) is 32.9 Å². The summed E-state index contributed by atoms with van der Waals surface area (Å²) in [6, 6.07) is 7.16. The Bertz CT molecular complexity index is 1120. The highest BCUT2D eigenvalue weighted by Crippen LogP contribution is 2.30. The number of epoxide rings is 1. The van der Waals surface area contributed by atoms with Crippen LogP contribution in [0.4, 0.5) is 4.79 Å². The Morgan fingerprint density at radius 1 is 1.21 bits per heavy atom. The van der Waals surface area contributed by atoms with Crippen LogP contribution in [0.25, 0.3) is 0 Å². The first-order valence-electron chi connectivity index (χ1n) is 10.6. The third-order valence-corrected chi connectivity index (χ3v) is 4.83. The highest BCUT2D eigenvalue weighted by atomic mass is 16.6. The van der Waals surface area contributed by atoms with Gasteiger partial charge in [0.15, 0.2) is 5.69 Å². The average molecular weight is 473 g/mol. The number of nitrogens with one attached hydrogen (secondary N) is 1. The predicted molar refractivity (Wildman–Crippen MR) is 119 cm³/mol. The zero-order valence-electron chi connectivity index (χ0n) is 19.6. The molecule has 1 aromatic carbocycles. The largest absolute Gasteiger partial charge is 0.464 e. The molecule has 1 aromatic heterocycles. The summed E-state index contributed by atoms with van der Waals surface area (Å²) in [5, 5.41) is 0. The van der Waals surface area contributed by atoms with Gasteiger partial charge in [0, 0.05) is 13.5 Å². The lowest BCUT2D eigenvalue weighted by Crippen LogP contribution is -2.38. The third kappa shape index (κ3) is 6.19. The van der Waals surface area contributed by atoms with Gasteiger partial charge in [0.25, 0.3) is 5.56 Å². The van der Waals surface area contributed by atoms with E-state index in [4.69, 9.17) is 18.9 Å². The molecule has 34 heavy (non-hydrogen) atoms. The Labute approximate surface area is 196 Å². The number of benzene rings is 1. The van der Waals surface area contributed by atoms with E-state index in [2.05, 4.69) is 9.97 Å². The van der Waals surface area contributed by atoms with Crippen LogP contribution in [0.5, 0.6) is 5.75 Å². The van der Waals surface area contributed by atoms with E-state index < -0.39 is 46.7 Å². The highest BCUT2D eigenvalue weighted by Gasteiger charge is 2.36. The van der Waals surface area contributed by atoms with Gasteiger partial charge in [0.2, 0.25) is 5.75 Å². The molecule has 1 N–H and O–H groups in total. The van der Waals surface area contributed by atoms with E-state index in [1.54, 1.807) is 39.0 Å². The Hall–Kier alpha value is -3.73. The van der Waals surface area contributed by atoms with Gasteiger partial charge in [-0.1, -0.05) is 18.2 Å². The second kappa shape index (κ2) is 10.0. The van der Waals surface area contributed by atoms with Gasteiger partial charge in [0.1, 0.15) is 11.4 Å². The number of hydrogen-bond acceptors (Lipinski definition) is 9. The number of carbonyl (C=O) groups excluding carboxylic acids is 3. The maximum absolute atomic E-state index is 12.9. The first-order chi connectivity index (χ1) is 16.0. The number of methoxy groups -OCH3 is 1. The number of ether oxygens (including phenoxy) is 4. The molecule has 2 heterocycles. The zero-order valence-corrected chi connectivity index (χ0v) is 19.6. The lowest BCUT2D eigenvalue weighted by molar-refractivity contribution is 0.0197. The summed E-state index contributed by atoms with van der Waals surface area (Å²) in [6.45, 7) is 5.66. The van der Waals surface area contributed by atoms with Crippen molar-refractivity contribution in [3.8, 4) is 5.75 Å². The number of amides is 1. The summed E-state index contributed by atoms with van der Waals surface area (Å²) < 4.78 is 20.7. The number of esters is 2. The predicted octanol–water partition coefficient (Wildman–Crippen LogP) is 2.47. The number of rotatable bonds is 7. The van der Waals surface area contributed by atoms with Crippen LogP contribution in [-0.4, -0.2) is 65.4 Å². The van der Waals surface area contributed by atoms with Crippen molar-refractivity contribution in [1.29, 1.82) is 0 Å². The highest BCUT2D eigenvalue weighted by molar-refractivity contribution is 5.94. The molecule has 0 bridgehead atoms. The molecule has 11 nitrogen and oxygen atoms in total. The van der Waals surface area contributed by atoms with Crippen molar-refractivity contribution in [3.05, 3.63) is 57.8 Å². The van der Waals surface area contributed by atoms with E-state index in [1.807, 2.05) is 0 Å². The molecule has 1 fully saturated rings. The molecule has 2 atom stereocenters. The average Bonchev–Trinajstić information content (AvgIpc) is 3.61. The maximum Gasteiger partial charge on any atom is 0.410 e. The van der Waals surface area contributed by atoms with Gasteiger partial charge in [-0.3, -0.25) is 4.79 Å². The van der Waals surface area contributed by atoms with Gasteiger partial charge in [-0.25, -0.2) is 19.4 Å². The van der Waals surface area contributed by atoms with Crippen molar-refractivity contribution in [1.82, 2.24) is 14.9 Å². The Kier molecular flexibility index (Phi) is 7.35. The number of nitrogens with zero attached hydrogens (tertiary/aromatic N) is 2. The van der Waals surface area contributed by atoms with E-state index in [9.17, 15) is 19.2 Å². The number of aromatic nitrogens is 2. The maximum atomic E-state index is 12.9. The molecule has 1 aliphatic heterocycles. The Balaban J connectivity index is 2.00. The van der Waals surface area contributed by atoms with Crippen LogP contribution in [0.1, 0.15) is 59.9 Å². The van der Waals surface area contributed by atoms with Crippen molar-refractivity contribution < 1.29 is 33.3 Å². The number of hydrogen-bond donors (Lipinski definition) is 1. The first-order valence-corrected chi connectivity index (χ1v) is 10.6. The van der Waals surface area contributed by atoms with E-state index in [0.29, 0.717) is 13.0 Å². The fourth-order valence-electron chi connectivity index (χ4n) is 3.06. The van der Waals surface area contributed by atoms with Crippen LogP contribution in [0, 0.1) is 0 Å². The molecule has 2 unspecified atom stereocenters. The normalized spacial score (nSPS) is 15.7. The van der Waals surface area contributed by atoms with E-state index in [1.165, 1.54) is 24.1 Å². The monoisotopic (exact) mass is 473 g/mol. The van der Waals surface area contributed by atoms with Gasteiger partial charge in [0.05, 0.1) is 31.4 Å². The minimum Gasteiger partial charge on any atom is -0.464 e. The standard InChI is InChI=1S/C23H27N3O8/c1-23(2,3)34-22(30)26(4)15(11-14-12-32-14)18-24-16(21(29)31-5)17(19(27)25-18)33-20(28)13-9-7-6-8-10-13/h6-10,14-15H,11-12H2,1-5H3,(H,24,25,27). The van der Waals surface area contributed by atoms with Gasteiger partial charge >= 0.3 is 18.0 Å². The Morgan fingerprint density at radius 3 is 2.41 bits per heavy atom. The van der Waals surface area contributed by atoms with Crippen LogP contribution >= 0.6 is 0 Å². The second-order valence-electron chi connectivity index (χ2n) is 8.67. The summed E-state index contributed by atoms with van der Waals surface area (Å²) in [5.74, 6) is -2.44. The molecule has 1 amide bonds.